The molecule has 5 heteroatoms. The number of aliphatic carboxylic acids is 1. The molecule has 1 heterocycles. The highest BCUT2D eigenvalue weighted by Crippen LogP contribution is 2.12. The number of nitrogens with zero attached hydrogens (tertiary/aromatic N) is 2. The largest absolute Gasteiger partial charge is 0.481 e. The van der Waals surface area contributed by atoms with Crippen LogP contribution >= 0.6 is 0 Å². The van der Waals surface area contributed by atoms with Gasteiger partial charge in [-0.05, 0) is 31.9 Å². The van der Waals surface area contributed by atoms with Gasteiger partial charge in [0, 0.05) is 18.7 Å². The Morgan fingerprint density at radius 1 is 1.53 bits per heavy atom. The summed E-state index contributed by atoms with van der Waals surface area (Å²) in [5, 5.41) is 20.4. The molecule has 0 saturated carbocycles. The van der Waals surface area contributed by atoms with Crippen molar-refractivity contribution in [3.8, 4) is 6.07 Å². The van der Waals surface area contributed by atoms with Gasteiger partial charge in [0.1, 0.15) is 11.9 Å². The van der Waals surface area contributed by atoms with Crippen molar-refractivity contribution < 1.29 is 9.90 Å². The number of hydrogen-bond acceptors (Lipinski definition) is 4. The maximum Gasteiger partial charge on any atom is 0.303 e. The lowest BCUT2D eigenvalue weighted by atomic mass is 10.2. The molecule has 0 bridgehead atoms. The molecule has 0 radical (unpaired) electrons. The first kappa shape index (κ1) is 13.0. The highest BCUT2D eigenvalue weighted by molar-refractivity contribution is 5.66. The minimum Gasteiger partial charge on any atom is -0.481 e. The van der Waals surface area contributed by atoms with Crippen molar-refractivity contribution in [1.82, 2.24) is 4.98 Å². The van der Waals surface area contributed by atoms with Gasteiger partial charge in [0.15, 0.2) is 0 Å². The third kappa shape index (κ3) is 4.51. The summed E-state index contributed by atoms with van der Waals surface area (Å²) >= 11 is 0. The number of anilines is 1. The molecule has 0 aliphatic heterocycles. The van der Waals surface area contributed by atoms with E-state index >= 15 is 0 Å². The molecule has 0 atom stereocenters. The van der Waals surface area contributed by atoms with E-state index in [-0.39, 0.29) is 6.42 Å². The van der Waals surface area contributed by atoms with E-state index in [1.165, 1.54) is 0 Å². The fourth-order valence-electron chi connectivity index (χ4n) is 1.39. The summed E-state index contributed by atoms with van der Waals surface area (Å²) < 4.78 is 0. The molecule has 1 aromatic rings. The molecule has 5 nitrogen and oxygen atoms in total. The smallest absolute Gasteiger partial charge is 0.303 e. The summed E-state index contributed by atoms with van der Waals surface area (Å²) in [6.45, 7) is 2.48. The average molecular weight is 233 g/mol. The van der Waals surface area contributed by atoms with E-state index in [1.807, 2.05) is 6.92 Å². The highest BCUT2D eigenvalue weighted by atomic mass is 16.4. The number of nitrogens with one attached hydrogen (secondary N) is 1. The second kappa shape index (κ2) is 6.48. The lowest BCUT2D eigenvalue weighted by Crippen LogP contribution is -2.06. The summed E-state index contributed by atoms with van der Waals surface area (Å²) in [5.74, 6) is -0.209. The van der Waals surface area contributed by atoms with Gasteiger partial charge < -0.3 is 10.4 Å². The first-order valence-electron chi connectivity index (χ1n) is 5.47. The van der Waals surface area contributed by atoms with Gasteiger partial charge in [-0.2, -0.15) is 5.26 Å². The van der Waals surface area contributed by atoms with Crippen LogP contribution in [-0.4, -0.2) is 22.6 Å². The molecule has 0 unspecified atom stereocenters. The van der Waals surface area contributed by atoms with Crippen LogP contribution in [0.25, 0.3) is 0 Å². The van der Waals surface area contributed by atoms with Gasteiger partial charge in [0.25, 0.3) is 0 Å². The van der Waals surface area contributed by atoms with Crippen LogP contribution in [0.4, 0.5) is 5.82 Å². The van der Waals surface area contributed by atoms with E-state index in [2.05, 4.69) is 16.4 Å². The van der Waals surface area contributed by atoms with Crippen LogP contribution in [0.3, 0.4) is 0 Å². The average Bonchev–Trinajstić information content (AvgIpc) is 2.28. The molecule has 90 valence electrons. The molecule has 0 amide bonds. The van der Waals surface area contributed by atoms with E-state index in [1.54, 1.807) is 12.1 Å². The number of carboxylic acid groups (broad SMARTS) is 1. The van der Waals surface area contributed by atoms with Crippen LogP contribution in [-0.2, 0) is 4.79 Å². The van der Waals surface area contributed by atoms with Crippen LogP contribution < -0.4 is 5.32 Å². The highest BCUT2D eigenvalue weighted by Gasteiger charge is 2.03. The van der Waals surface area contributed by atoms with E-state index in [9.17, 15) is 4.79 Å². The van der Waals surface area contributed by atoms with Crippen molar-refractivity contribution in [1.29, 1.82) is 5.26 Å². The molecular formula is C12H15N3O2. The molecule has 0 aliphatic carbocycles. The van der Waals surface area contributed by atoms with Gasteiger partial charge in [0.05, 0.1) is 5.56 Å². The van der Waals surface area contributed by atoms with E-state index in [0.29, 0.717) is 24.3 Å². The van der Waals surface area contributed by atoms with Gasteiger partial charge in [-0.25, -0.2) is 4.98 Å². The monoisotopic (exact) mass is 233 g/mol. The van der Waals surface area contributed by atoms with Crippen molar-refractivity contribution in [3.63, 3.8) is 0 Å². The Morgan fingerprint density at radius 3 is 2.94 bits per heavy atom. The molecular weight excluding hydrogens is 218 g/mol. The minimum atomic E-state index is -0.781. The van der Waals surface area contributed by atoms with Crippen LogP contribution in [0.1, 0.15) is 30.5 Å². The van der Waals surface area contributed by atoms with Crippen LogP contribution in [0.2, 0.25) is 0 Å². The second-order valence-corrected chi connectivity index (χ2v) is 3.74. The standard InChI is InChI=1S/C12H15N3O2/c1-9-5-6-10(8-13)12(15-9)14-7-3-2-4-11(16)17/h5-6H,2-4,7H2,1H3,(H,14,15)(H,16,17). The molecule has 1 rings (SSSR count). The van der Waals surface area contributed by atoms with Gasteiger partial charge >= 0.3 is 5.97 Å². The Balaban J connectivity index is 2.43. The number of pyridine rings is 1. The lowest BCUT2D eigenvalue weighted by Gasteiger charge is -2.07. The summed E-state index contributed by atoms with van der Waals surface area (Å²) in [5.41, 5.74) is 1.35. The van der Waals surface area contributed by atoms with Gasteiger partial charge in [-0.3, -0.25) is 4.79 Å². The minimum absolute atomic E-state index is 0.175. The van der Waals surface area contributed by atoms with Crippen molar-refractivity contribution in [2.24, 2.45) is 0 Å². The van der Waals surface area contributed by atoms with Crippen LogP contribution in [0.5, 0.6) is 0 Å². The Labute approximate surface area is 100 Å². The number of aryl methyl sites for hydroxylation is 1. The van der Waals surface area contributed by atoms with Crippen molar-refractivity contribution >= 4 is 11.8 Å². The van der Waals surface area contributed by atoms with E-state index < -0.39 is 5.97 Å². The Morgan fingerprint density at radius 2 is 2.29 bits per heavy atom. The summed E-state index contributed by atoms with van der Waals surface area (Å²) in [4.78, 5) is 14.5. The SMILES string of the molecule is Cc1ccc(C#N)c(NCCCCC(=O)O)n1. The fraction of sp³-hybridized carbons (Fsp3) is 0.417. The summed E-state index contributed by atoms with van der Waals surface area (Å²) in [6, 6.07) is 5.57. The van der Waals surface area contributed by atoms with Crippen molar-refractivity contribution in [2.75, 3.05) is 11.9 Å². The number of rotatable bonds is 6. The van der Waals surface area contributed by atoms with Gasteiger partial charge in [-0.15, -0.1) is 0 Å². The van der Waals surface area contributed by atoms with Gasteiger partial charge in [0.2, 0.25) is 0 Å². The number of unbranched alkanes of at least 4 members (excludes halogenated alkanes) is 1. The molecule has 0 aromatic carbocycles. The maximum absolute atomic E-state index is 10.3. The summed E-state index contributed by atoms with van der Waals surface area (Å²) in [7, 11) is 0. The van der Waals surface area contributed by atoms with Crippen molar-refractivity contribution in [2.45, 2.75) is 26.2 Å². The zero-order valence-corrected chi connectivity index (χ0v) is 9.73. The first-order valence-corrected chi connectivity index (χ1v) is 5.47. The number of hydrogen-bond donors (Lipinski definition) is 2. The Kier molecular flexibility index (Phi) is 4.95. The van der Waals surface area contributed by atoms with E-state index in [4.69, 9.17) is 10.4 Å². The zero-order valence-electron chi connectivity index (χ0n) is 9.73. The Hall–Kier alpha value is -2.09. The normalized spacial score (nSPS) is 9.65. The zero-order chi connectivity index (χ0) is 12.7. The van der Waals surface area contributed by atoms with E-state index in [0.717, 1.165) is 12.1 Å². The molecule has 0 aliphatic rings. The van der Waals surface area contributed by atoms with Crippen LogP contribution in [0, 0.1) is 18.3 Å². The topological polar surface area (TPSA) is 86.0 Å². The molecule has 0 saturated heterocycles. The molecule has 0 spiro atoms. The number of nitriles is 1. The van der Waals surface area contributed by atoms with Crippen LogP contribution in [0.15, 0.2) is 12.1 Å². The number of aromatic nitrogens is 1. The predicted octanol–water partition coefficient (Wildman–Crippen LogP) is 1.93. The third-order valence-electron chi connectivity index (χ3n) is 2.26. The predicted molar refractivity (Wildman–Crippen MR) is 63.7 cm³/mol. The third-order valence-corrected chi connectivity index (χ3v) is 2.26. The maximum atomic E-state index is 10.3. The number of carbonyl (C=O) groups is 1. The second-order valence-electron chi connectivity index (χ2n) is 3.74. The van der Waals surface area contributed by atoms with Gasteiger partial charge in [-0.1, -0.05) is 0 Å². The first-order chi connectivity index (χ1) is 8.13. The molecule has 0 fully saturated rings. The Bertz CT molecular complexity index is 438. The van der Waals surface area contributed by atoms with Crippen molar-refractivity contribution in [3.05, 3.63) is 23.4 Å². The molecule has 2 N–H and O–H groups in total. The summed E-state index contributed by atoms with van der Waals surface area (Å²) in [6.07, 6.45) is 1.54. The quantitative estimate of drug-likeness (QED) is 0.733. The molecule has 17 heavy (non-hydrogen) atoms. The lowest BCUT2D eigenvalue weighted by molar-refractivity contribution is -0.137. The number of carboxylic acids is 1. The molecule has 1 aromatic heterocycles. The fourth-order valence-corrected chi connectivity index (χ4v) is 1.39.